The first-order valence-corrected chi connectivity index (χ1v) is 10.9. The van der Waals surface area contributed by atoms with Crippen LogP contribution < -0.4 is 10.9 Å². The van der Waals surface area contributed by atoms with E-state index < -0.39 is 21.7 Å². The van der Waals surface area contributed by atoms with Crippen LogP contribution in [-0.2, 0) is 21.2 Å². The standard InChI is InChI=1S/C19H24N4O4S/c1-13-18(14(2)23(22-13)11-15-6-4-3-5-7-15)19(25)21-20-17(24)10-16-8-9-28(26,27)12-16/h3-7,16H,8-12H2,1-2H3,(H,20,24)(H,21,25)/t16-/m1/s1. The minimum absolute atomic E-state index is 0.0266. The number of nitrogens with one attached hydrogen (secondary N) is 2. The van der Waals surface area contributed by atoms with Crippen molar-refractivity contribution in [1.82, 2.24) is 20.6 Å². The third-order valence-electron chi connectivity index (χ3n) is 4.90. The van der Waals surface area contributed by atoms with Crippen molar-refractivity contribution < 1.29 is 18.0 Å². The first-order chi connectivity index (χ1) is 13.2. The average molecular weight is 404 g/mol. The molecule has 0 bridgehead atoms. The number of hydrazine groups is 1. The molecule has 2 amide bonds. The molecule has 2 heterocycles. The Morgan fingerprint density at radius 2 is 1.89 bits per heavy atom. The molecule has 0 spiro atoms. The van der Waals surface area contributed by atoms with E-state index in [-0.39, 0.29) is 23.8 Å². The Balaban J connectivity index is 1.59. The number of benzene rings is 1. The van der Waals surface area contributed by atoms with Gasteiger partial charge in [-0.05, 0) is 31.7 Å². The summed E-state index contributed by atoms with van der Waals surface area (Å²) in [5.41, 5.74) is 7.55. The van der Waals surface area contributed by atoms with Crippen LogP contribution in [0.5, 0.6) is 0 Å². The molecule has 28 heavy (non-hydrogen) atoms. The Bertz CT molecular complexity index is 983. The highest BCUT2D eigenvalue weighted by Gasteiger charge is 2.29. The lowest BCUT2D eigenvalue weighted by atomic mass is 10.1. The van der Waals surface area contributed by atoms with Crippen molar-refractivity contribution in [3.63, 3.8) is 0 Å². The van der Waals surface area contributed by atoms with Gasteiger partial charge in [-0.3, -0.25) is 25.1 Å². The highest BCUT2D eigenvalue weighted by Crippen LogP contribution is 2.21. The van der Waals surface area contributed by atoms with Crippen molar-refractivity contribution in [3.8, 4) is 0 Å². The van der Waals surface area contributed by atoms with Crippen molar-refractivity contribution in [2.24, 2.45) is 5.92 Å². The molecular weight excluding hydrogens is 380 g/mol. The number of aryl methyl sites for hydroxylation is 1. The van der Waals surface area contributed by atoms with Gasteiger partial charge >= 0.3 is 0 Å². The van der Waals surface area contributed by atoms with E-state index in [0.717, 1.165) is 5.56 Å². The number of aromatic nitrogens is 2. The van der Waals surface area contributed by atoms with Gasteiger partial charge in [-0.25, -0.2) is 8.42 Å². The van der Waals surface area contributed by atoms with Crippen LogP contribution in [0.2, 0.25) is 0 Å². The summed E-state index contributed by atoms with van der Waals surface area (Å²) >= 11 is 0. The Labute approximate surface area is 164 Å². The fourth-order valence-corrected chi connectivity index (χ4v) is 5.33. The van der Waals surface area contributed by atoms with Gasteiger partial charge in [0, 0.05) is 12.1 Å². The molecule has 1 aliphatic heterocycles. The molecule has 2 aromatic rings. The molecule has 0 aliphatic carbocycles. The molecule has 1 fully saturated rings. The summed E-state index contributed by atoms with van der Waals surface area (Å²) in [6, 6.07) is 9.80. The second-order valence-electron chi connectivity index (χ2n) is 7.16. The number of sulfone groups is 1. The number of carbonyl (C=O) groups is 2. The zero-order chi connectivity index (χ0) is 20.3. The van der Waals surface area contributed by atoms with Crippen LogP contribution in [0, 0.1) is 19.8 Å². The third kappa shape index (κ3) is 4.78. The maximum atomic E-state index is 12.5. The van der Waals surface area contributed by atoms with E-state index in [1.54, 1.807) is 11.6 Å². The largest absolute Gasteiger partial charge is 0.273 e. The predicted molar refractivity (Wildman–Crippen MR) is 104 cm³/mol. The Hall–Kier alpha value is -2.68. The van der Waals surface area contributed by atoms with Gasteiger partial charge in [0.05, 0.1) is 29.3 Å². The molecule has 150 valence electrons. The maximum Gasteiger partial charge on any atom is 0.273 e. The SMILES string of the molecule is Cc1nn(Cc2ccccc2)c(C)c1C(=O)NNC(=O)C[C@H]1CCS(=O)(=O)C1. The summed E-state index contributed by atoms with van der Waals surface area (Å²) in [7, 11) is -3.03. The molecule has 1 atom stereocenters. The molecule has 3 rings (SSSR count). The van der Waals surface area contributed by atoms with E-state index in [4.69, 9.17) is 0 Å². The second-order valence-corrected chi connectivity index (χ2v) is 9.39. The molecule has 0 unspecified atom stereocenters. The zero-order valence-electron chi connectivity index (χ0n) is 15.9. The summed E-state index contributed by atoms with van der Waals surface area (Å²) in [6.07, 6.45) is 0.554. The Kier molecular flexibility index (Phi) is 5.83. The van der Waals surface area contributed by atoms with E-state index in [0.29, 0.717) is 29.9 Å². The number of hydrogen-bond donors (Lipinski definition) is 2. The topological polar surface area (TPSA) is 110 Å². The van der Waals surface area contributed by atoms with Gasteiger partial charge in [0.25, 0.3) is 5.91 Å². The minimum atomic E-state index is -3.03. The van der Waals surface area contributed by atoms with Crippen molar-refractivity contribution in [3.05, 3.63) is 52.8 Å². The average Bonchev–Trinajstić information content (AvgIpc) is 3.12. The van der Waals surface area contributed by atoms with Gasteiger partial charge in [-0.2, -0.15) is 5.10 Å². The predicted octanol–water partition coefficient (Wildman–Crippen LogP) is 1.13. The third-order valence-corrected chi connectivity index (χ3v) is 6.74. The first kappa shape index (κ1) is 20.1. The molecular formula is C19H24N4O4S. The van der Waals surface area contributed by atoms with Gasteiger partial charge in [0.15, 0.2) is 9.84 Å². The van der Waals surface area contributed by atoms with Crippen LogP contribution in [0.15, 0.2) is 30.3 Å². The molecule has 8 nitrogen and oxygen atoms in total. The van der Waals surface area contributed by atoms with Crippen molar-refractivity contribution >= 4 is 21.7 Å². The second kappa shape index (κ2) is 8.14. The van der Waals surface area contributed by atoms with Crippen molar-refractivity contribution in [2.45, 2.75) is 33.2 Å². The van der Waals surface area contributed by atoms with Gasteiger partial charge in [-0.1, -0.05) is 30.3 Å². The zero-order valence-corrected chi connectivity index (χ0v) is 16.8. The molecule has 1 aliphatic rings. The smallest absolute Gasteiger partial charge is 0.273 e. The maximum absolute atomic E-state index is 12.5. The summed E-state index contributed by atoms with van der Waals surface area (Å²) in [5, 5.41) is 4.43. The normalized spacial score (nSPS) is 18.0. The lowest BCUT2D eigenvalue weighted by Crippen LogP contribution is -2.42. The number of hydrogen-bond acceptors (Lipinski definition) is 5. The van der Waals surface area contributed by atoms with E-state index in [1.165, 1.54) is 0 Å². The van der Waals surface area contributed by atoms with Crippen LogP contribution in [-0.4, -0.2) is 41.5 Å². The van der Waals surface area contributed by atoms with Crippen LogP contribution in [0.3, 0.4) is 0 Å². The highest BCUT2D eigenvalue weighted by molar-refractivity contribution is 7.91. The summed E-state index contributed by atoms with van der Waals surface area (Å²) in [4.78, 5) is 24.5. The fourth-order valence-electron chi connectivity index (χ4n) is 3.47. The molecule has 1 saturated heterocycles. The lowest BCUT2D eigenvalue weighted by molar-refractivity contribution is -0.122. The number of nitrogens with zero attached hydrogens (tertiary/aromatic N) is 2. The fraction of sp³-hybridized carbons (Fsp3) is 0.421. The quantitative estimate of drug-likeness (QED) is 0.726. The van der Waals surface area contributed by atoms with Gasteiger partial charge < -0.3 is 0 Å². The van der Waals surface area contributed by atoms with Crippen molar-refractivity contribution in [1.29, 1.82) is 0 Å². The van der Waals surface area contributed by atoms with Crippen LogP contribution in [0.4, 0.5) is 0 Å². The molecule has 2 N–H and O–H groups in total. The van der Waals surface area contributed by atoms with E-state index in [1.807, 2.05) is 37.3 Å². The summed E-state index contributed by atoms with van der Waals surface area (Å²) in [6.45, 7) is 4.10. The summed E-state index contributed by atoms with van der Waals surface area (Å²) in [5.74, 6) is -0.891. The molecule has 0 saturated carbocycles. The van der Waals surface area contributed by atoms with Crippen LogP contribution in [0.25, 0.3) is 0 Å². The van der Waals surface area contributed by atoms with E-state index in [2.05, 4.69) is 16.0 Å². The lowest BCUT2D eigenvalue weighted by Gasteiger charge is -2.10. The number of carbonyl (C=O) groups excluding carboxylic acids is 2. The number of amides is 2. The monoisotopic (exact) mass is 404 g/mol. The molecule has 1 aromatic heterocycles. The van der Waals surface area contributed by atoms with E-state index in [9.17, 15) is 18.0 Å². The van der Waals surface area contributed by atoms with Crippen molar-refractivity contribution in [2.75, 3.05) is 11.5 Å². The molecule has 1 aromatic carbocycles. The Morgan fingerprint density at radius 3 is 2.54 bits per heavy atom. The van der Waals surface area contributed by atoms with Gasteiger partial charge in [0.1, 0.15) is 0 Å². The molecule has 9 heteroatoms. The van der Waals surface area contributed by atoms with Gasteiger partial charge in [0.2, 0.25) is 5.91 Å². The van der Waals surface area contributed by atoms with E-state index >= 15 is 0 Å². The summed E-state index contributed by atoms with van der Waals surface area (Å²) < 4.78 is 24.7. The number of rotatable bonds is 5. The van der Waals surface area contributed by atoms with Crippen LogP contribution >= 0.6 is 0 Å². The minimum Gasteiger partial charge on any atom is -0.273 e. The van der Waals surface area contributed by atoms with Gasteiger partial charge in [-0.15, -0.1) is 0 Å². The highest BCUT2D eigenvalue weighted by atomic mass is 32.2. The van der Waals surface area contributed by atoms with Crippen LogP contribution in [0.1, 0.15) is 40.2 Å². The first-order valence-electron chi connectivity index (χ1n) is 9.12. The molecule has 0 radical (unpaired) electrons. The Morgan fingerprint density at radius 1 is 1.18 bits per heavy atom.